The zero-order valence-corrected chi connectivity index (χ0v) is 10.4. The van der Waals surface area contributed by atoms with Gasteiger partial charge in [0.15, 0.2) is 5.78 Å². The number of carbonyl (C=O) groups is 1. The van der Waals surface area contributed by atoms with E-state index in [0.717, 1.165) is 24.3 Å². The molecule has 1 heterocycles. The summed E-state index contributed by atoms with van der Waals surface area (Å²) in [6.07, 6.45) is 1.28. The second-order valence-electron chi connectivity index (χ2n) is 5.24. The second-order valence-corrected chi connectivity index (χ2v) is 5.24. The van der Waals surface area contributed by atoms with Crippen LogP contribution >= 0.6 is 0 Å². The average Bonchev–Trinajstić information content (AvgIpc) is 2.27. The molecule has 0 amide bonds. The maximum absolute atomic E-state index is 11.8. The lowest BCUT2D eigenvalue weighted by atomic mass is 9.98. The van der Waals surface area contributed by atoms with Crippen LogP contribution in [0, 0.1) is 0 Å². The lowest BCUT2D eigenvalue weighted by Gasteiger charge is -2.32. The first-order valence-electron chi connectivity index (χ1n) is 6.07. The molecule has 0 unspecified atom stereocenters. The molecule has 0 saturated heterocycles. The van der Waals surface area contributed by atoms with E-state index in [9.17, 15) is 9.90 Å². The fraction of sp³-hybridized carbons (Fsp3) is 0.500. The van der Waals surface area contributed by atoms with Crippen LogP contribution in [0.5, 0.6) is 0 Å². The topological polar surface area (TPSA) is 40.5 Å². The van der Waals surface area contributed by atoms with E-state index in [1.807, 2.05) is 38.1 Å². The molecule has 0 fully saturated rings. The number of Topliss-reactive ketones (excluding diaryl/α,β-unsaturated/α-hetero) is 1. The molecular formula is C14H19NO2. The minimum absolute atomic E-state index is 0.222. The normalized spacial score (nSPS) is 15.9. The van der Waals surface area contributed by atoms with E-state index in [2.05, 4.69) is 4.90 Å². The Hall–Kier alpha value is -1.35. The van der Waals surface area contributed by atoms with Crippen LogP contribution in [-0.2, 0) is 0 Å². The van der Waals surface area contributed by atoms with Crippen molar-refractivity contribution >= 4 is 11.5 Å². The highest BCUT2D eigenvalue weighted by molar-refractivity contribution is 6.03. The number of fused-ring (bicyclic) bond motifs is 1. The van der Waals surface area contributed by atoms with Crippen molar-refractivity contribution in [2.75, 3.05) is 18.0 Å². The fourth-order valence-electron chi connectivity index (χ4n) is 2.12. The lowest BCUT2D eigenvalue weighted by Crippen LogP contribution is -2.36. The molecule has 92 valence electrons. The highest BCUT2D eigenvalue weighted by Crippen LogP contribution is 2.27. The fourth-order valence-corrected chi connectivity index (χ4v) is 2.12. The number of benzene rings is 1. The van der Waals surface area contributed by atoms with Crippen LogP contribution in [0.2, 0.25) is 0 Å². The van der Waals surface area contributed by atoms with Gasteiger partial charge in [0.2, 0.25) is 0 Å². The Kier molecular flexibility index (Phi) is 3.20. The zero-order chi connectivity index (χ0) is 12.5. The summed E-state index contributed by atoms with van der Waals surface area (Å²) >= 11 is 0. The van der Waals surface area contributed by atoms with E-state index in [0.29, 0.717) is 12.8 Å². The summed E-state index contributed by atoms with van der Waals surface area (Å²) in [5, 5.41) is 9.75. The Morgan fingerprint density at radius 1 is 1.35 bits per heavy atom. The van der Waals surface area contributed by atoms with Crippen molar-refractivity contribution in [2.45, 2.75) is 32.3 Å². The van der Waals surface area contributed by atoms with Crippen LogP contribution in [-0.4, -0.2) is 29.6 Å². The minimum Gasteiger partial charge on any atom is -0.390 e. The van der Waals surface area contributed by atoms with Crippen molar-refractivity contribution in [2.24, 2.45) is 0 Å². The highest BCUT2D eigenvalue weighted by atomic mass is 16.3. The Morgan fingerprint density at radius 3 is 2.76 bits per heavy atom. The monoisotopic (exact) mass is 233 g/mol. The predicted molar refractivity (Wildman–Crippen MR) is 68.5 cm³/mol. The highest BCUT2D eigenvalue weighted by Gasteiger charge is 2.23. The van der Waals surface area contributed by atoms with Crippen LogP contribution in [0.25, 0.3) is 0 Å². The van der Waals surface area contributed by atoms with Gasteiger partial charge in [-0.15, -0.1) is 0 Å². The van der Waals surface area contributed by atoms with Gasteiger partial charge in [-0.1, -0.05) is 12.1 Å². The van der Waals surface area contributed by atoms with E-state index in [1.165, 1.54) is 0 Å². The molecule has 0 saturated carbocycles. The number of hydrogen-bond donors (Lipinski definition) is 1. The third-order valence-corrected chi connectivity index (χ3v) is 3.15. The van der Waals surface area contributed by atoms with Gasteiger partial charge in [0.25, 0.3) is 0 Å². The van der Waals surface area contributed by atoms with Gasteiger partial charge < -0.3 is 10.0 Å². The van der Waals surface area contributed by atoms with Crippen molar-refractivity contribution in [3.63, 3.8) is 0 Å². The van der Waals surface area contributed by atoms with E-state index in [1.54, 1.807) is 0 Å². The third-order valence-electron chi connectivity index (χ3n) is 3.15. The summed E-state index contributed by atoms with van der Waals surface area (Å²) in [6.45, 7) is 5.17. The largest absolute Gasteiger partial charge is 0.390 e. The van der Waals surface area contributed by atoms with Gasteiger partial charge in [-0.2, -0.15) is 0 Å². The first-order valence-corrected chi connectivity index (χ1v) is 6.07. The van der Waals surface area contributed by atoms with E-state index < -0.39 is 5.60 Å². The maximum atomic E-state index is 11.8. The molecule has 3 nitrogen and oxygen atoms in total. The molecule has 0 radical (unpaired) electrons. The number of carbonyl (C=O) groups excluding carboxylic acids is 1. The number of anilines is 1. The molecule has 0 aliphatic carbocycles. The third kappa shape index (κ3) is 2.86. The van der Waals surface area contributed by atoms with E-state index >= 15 is 0 Å². The SMILES string of the molecule is CC(C)(O)CCN1CCC(=O)c2ccccc21. The number of rotatable bonds is 3. The molecule has 1 aromatic rings. The molecule has 0 spiro atoms. The Morgan fingerprint density at radius 2 is 2.06 bits per heavy atom. The van der Waals surface area contributed by atoms with Crippen molar-refractivity contribution in [1.82, 2.24) is 0 Å². The molecule has 0 aromatic heterocycles. The van der Waals surface area contributed by atoms with Crippen LogP contribution in [0.1, 0.15) is 37.0 Å². The van der Waals surface area contributed by atoms with Crippen molar-refractivity contribution in [3.05, 3.63) is 29.8 Å². The molecule has 1 aromatic carbocycles. The summed E-state index contributed by atoms with van der Waals surface area (Å²) in [5.41, 5.74) is 1.17. The molecule has 0 atom stereocenters. The predicted octanol–water partition coefficient (Wildman–Crippen LogP) is 2.24. The first-order chi connectivity index (χ1) is 7.97. The standard InChI is InChI=1S/C14H19NO2/c1-14(2,17)8-10-15-9-7-13(16)11-5-3-4-6-12(11)15/h3-6,17H,7-10H2,1-2H3. The van der Waals surface area contributed by atoms with Gasteiger partial charge in [0.05, 0.1) is 5.60 Å². The van der Waals surface area contributed by atoms with Crippen molar-refractivity contribution < 1.29 is 9.90 Å². The van der Waals surface area contributed by atoms with Crippen LogP contribution < -0.4 is 4.90 Å². The maximum Gasteiger partial charge on any atom is 0.166 e. The lowest BCUT2D eigenvalue weighted by molar-refractivity contribution is 0.0729. The van der Waals surface area contributed by atoms with Gasteiger partial charge in [-0.3, -0.25) is 4.79 Å². The van der Waals surface area contributed by atoms with E-state index in [-0.39, 0.29) is 5.78 Å². The molecule has 0 bridgehead atoms. The van der Waals surface area contributed by atoms with Crippen molar-refractivity contribution in [1.29, 1.82) is 0 Å². The molecular weight excluding hydrogens is 214 g/mol. The first kappa shape index (κ1) is 12.1. The molecule has 2 rings (SSSR count). The van der Waals surface area contributed by atoms with Crippen LogP contribution in [0.4, 0.5) is 5.69 Å². The van der Waals surface area contributed by atoms with Gasteiger partial charge in [0, 0.05) is 30.8 Å². The molecule has 17 heavy (non-hydrogen) atoms. The summed E-state index contributed by atoms with van der Waals surface area (Å²) in [5.74, 6) is 0.222. The van der Waals surface area contributed by atoms with Crippen LogP contribution in [0.15, 0.2) is 24.3 Å². The number of para-hydroxylation sites is 1. The number of nitrogens with zero attached hydrogens (tertiary/aromatic N) is 1. The number of hydrogen-bond acceptors (Lipinski definition) is 3. The Bertz CT molecular complexity index is 420. The quantitative estimate of drug-likeness (QED) is 0.870. The average molecular weight is 233 g/mol. The number of aliphatic hydroxyl groups is 1. The zero-order valence-electron chi connectivity index (χ0n) is 10.4. The Labute approximate surface area is 102 Å². The number of ketones is 1. The summed E-state index contributed by atoms with van der Waals surface area (Å²) in [4.78, 5) is 13.9. The van der Waals surface area contributed by atoms with Crippen LogP contribution in [0.3, 0.4) is 0 Å². The minimum atomic E-state index is -0.656. The smallest absolute Gasteiger partial charge is 0.166 e. The summed E-state index contributed by atoms with van der Waals surface area (Å²) in [7, 11) is 0. The van der Waals surface area contributed by atoms with Gasteiger partial charge >= 0.3 is 0 Å². The second kappa shape index (κ2) is 4.49. The van der Waals surface area contributed by atoms with Gasteiger partial charge in [-0.05, 0) is 32.4 Å². The van der Waals surface area contributed by atoms with Gasteiger partial charge in [0.1, 0.15) is 0 Å². The molecule has 3 heteroatoms. The molecule has 1 aliphatic rings. The summed E-state index contributed by atoms with van der Waals surface area (Å²) in [6, 6.07) is 7.72. The summed E-state index contributed by atoms with van der Waals surface area (Å²) < 4.78 is 0. The van der Waals surface area contributed by atoms with Crippen molar-refractivity contribution in [3.8, 4) is 0 Å². The Balaban J connectivity index is 2.16. The molecule has 1 N–H and O–H groups in total. The van der Waals surface area contributed by atoms with Gasteiger partial charge in [-0.25, -0.2) is 0 Å². The van der Waals surface area contributed by atoms with E-state index in [4.69, 9.17) is 0 Å². The molecule has 1 aliphatic heterocycles.